The molecule has 0 spiro atoms. The van der Waals surface area contributed by atoms with E-state index in [1.807, 2.05) is 12.1 Å². The Morgan fingerprint density at radius 2 is 1.08 bits per heavy atom. The topological polar surface area (TPSA) is 159 Å². The fourth-order valence-corrected chi connectivity index (χ4v) is 3.61. The first-order valence-electron chi connectivity index (χ1n) is 12.3. The van der Waals surface area contributed by atoms with Crippen LogP contribution in [0.4, 0.5) is 0 Å². The molecule has 3 aromatic carbocycles. The molecule has 4 aromatic rings. The lowest BCUT2D eigenvalue weighted by Gasteiger charge is -2.12. The molecular formula is C28H31N5O5. The third-order valence-corrected chi connectivity index (χ3v) is 5.64. The van der Waals surface area contributed by atoms with Gasteiger partial charge < -0.3 is 35.9 Å². The zero-order valence-electron chi connectivity index (χ0n) is 21.1. The molecule has 38 heavy (non-hydrogen) atoms. The summed E-state index contributed by atoms with van der Waals surface area (Å²) in [4.78, 5) is 13.8. The van der Waals surface area contributed by atoms with E-state index in [9.17, 15) is 10.2 Å². The average molecular weight is 518 g/mol. The second-order valence-corrected chi connectivity index (χ2v) is 8.37. The van der Waals surface area contributed by atoms with E-state index in [1.165, 1.54) is 12.1 Å². The summed E-state index contributed by atoms with van der Waals surface area (Å²) in [6.07, 6.45) is 1.40. The van der Waals surface area contributed by atoms with Crippen LogP contribution in [0.1, 0.15) is 12.8 Å². The monoisotopic (exact) mass is 517 g/mol. The number of aromatic nitrogens is 3. The summed E-state index contributed by atoms with van der Waals surface area (Å²) >= 11 is 0. The number of ether oxygens (including phenoxy) is 3. The zero-order chi connectivity index (χ0) is 26.9. The fraction of sp³-hybridized carbons (Fsp3) is 0.250. The van der Waals surface area contributed by atoms with Crippen molar-refractivity contribution >= 4 is 0 Å². The number of rotatable bonds is 12. The second kappa shape index (κ2) is 12.7. The maximum absolute atomic E-state index is 10.8. The van der Waals surface area contributed by atoms with Crippen molar-refractivity contribution in [3.05, 3.63) is 60.7 Å². The Kier molecular flexibility index (Phi) is 8.91. The Labute approximate surface area is 220 Å². The van der Waals surface area contributed by atoms with Crippen LogP contribution in [0.5, 0.6) is 28.7 Å². The van der Waals surface area contributed by atoms with Crippen LogP contribution >= 0.6 is 0 Å². The minimum atomic E-state index is -0.0547. The average Bonchev–Trinajstić information content (AvgIpc) is 2.93. The molecule has 0 bridgehead atoms. The molecule has 1 aromatic heterocycles. The van der Waals surface area contributed by atoms with Gasteiger partial charge in [-0.3, -0.25) is 0 Å². The molecule has 4 rings (SSSR count). The van der Waals surface area contributed by atoms with Crippen LogP contribution in [0.3, 0.4) is 0 Å². The van der Waals surface area contributed by atoms with E-state index in [1.54, 1.807) is 43.5 Å². The van der Waals surface area contributed by atoms with Gasteiger partial charge in [0.05, 0.1) is 31.5 Å². The molecule has 10 nitrogen and oxygen atoms in total. The molecule has 0 aliphatic carbocycles. The van der Waals surface area contributed by atoms with Crippen LogP contribution in [0.2, 0.25) is 0 Å². The van der Waals surface area contributed by atoms with E-state index < -0.39 is 0 Å². The molecule has 0 radical (unpaired) electrons. The highest BCUT2D eigenvalue weighted by molar-refractivity contribution is 5.72. The van der Waals surface area contributed by atoms with E-state index in [2.05, 4.69) is 15.0 Å². The van der Waals surface area contributed by atoms with E-state index >= 15 is 0 Å². The summed E-state index contributed by atoms with van der Waals surface area (Å²) in [6, 6.07) is 17.1. The molecule has 0 aliphatic rings. The zero-order valence-corrected chi connectivity index (χ0v) is 21.1. The Morgan fingerprint density at radius 1 is 0.632 bits per heavy atom. The summed E-state index contributed by atoms with van der Waals surface area (Å²) in [6.45, 7) is 1.91. The van der Waals surface area contributed by atoms with Crippen molar-refractivity contribution in [2.24, 2.45) is 11.5 Å². The number of phenols is 2. The summed E-state index contributed by atoms with van der Waals surface area (Å²) in [7, 11) is 1.59. The van der Waals surface area contributed by atoms with Crippen LogP contribution in [-0.4, -0.2) is 58.6 Å². The van der Waals surface area contributed by atoms with Crippen LogP contribution < -0.4 is 25.7 Å². The SMILES string of the molecule is COc1ccc(-c2nc(-c3ccc(OCCCN)cc3O)nc(-c3ccc(OCCCN)cc3O)n2)cc1. The first kappa shape index (κ1) is 26.6. The van der Waals surface area contributed by atoms with Gasteiger partial charge in [-0.25, -0.2) is 15.0 Å². The van der Waals surface area contributed by atoms with E-state index in [-0.39, 0.29) is 23.1 Å². The lowest BCUT2D eigenvalue weighted by molar-refractivity contribution is 0.311. The maximum atomic E-state index is 10.8. The van der Waals surface area contributed by atoms with Gasteiger partial charge in [0, 0.05) is 17.7 Å². The van der Waals surface area contributed by atoms with E-state index in [4.69, 9.17) is 25.7 Å². The number of benzene rings is 3. The maximum Gasteiger partial charge on any atom is 0.167 e. The Balaban J connectivity index is 1.75. The number of hydrogen-bond donors (Lipinski definition) is 4. The molecule has 0 unspecified atom stereocenters. The van der Waals surface area contributed by atoms with Crippen molar-refractivity contribution in [3.63, 3.8) is 0 Å². The number of nitrogens with two attached hydrogens (primary N) is 2. The molecule has 1 heterocycles. The molecule has 0 atom stereocenters. The highest BCUT2D eigenvalue weighted by atomic mass is 16.5. The molecule has 0 saturated heterocycles. The molecule has 0 saturated carbocycles. The summed E-state index contributed by atoms with van der Waals surface area (Å²) in [5, 5.41) is 21.6. The number of methoxy groups -OCH3 is 1. The summed E-state index contributed by atoms with van der Waals surface area (Å²) < 4.78 is 16.5. The van der Waals surface area contributed by atoms with Gasteiger partial charge >= 0.3 is 0 Å². The predicted molar refractivity (Wildman–Crippen MR) is 144 cm³/mol. The predicted octanol–water partition coefficient (Wildman–Crippen LogP) is 3.75. The highest BCUT2D eigenvalue weighted by Crippen LogP contribution is 2.35. The molecule has 198 valence electrons. The minimum absolute atomic E-state index is 0.0547. The van der Waals surface area contributed by atoms with Gasteiger partial charge in [-0.2, -0.15) is 0 Å². The van der Waals surface area contributed by atoms with Crippen LogP contribution in [0, 0.1) is 0 Å². The van der Waals surface area contributed by atoms with Crippen molar-refractivity contribution in [2.75, 3.05) is 33.4 Å². The largest absolute Gasteiger partial charge is 0.507 e. The number of aromatic hydroxyl groups is 2. The molecule has 0 aliphatic heterocycles. The van der Waals surface area contributed by atoms with Crippen LogP contribution in [-0.2, 0) is 0 Å². The number of nitrogens with zero attached hydrogens (tertiary/aromatic N) is 3. The first-order chi connectivity index (χ1) is 18.5. The van der Waals surface area contributed by atoms with E-state index in [0.717, 1.165) is 0 Å². The van der Waals surface area contributed by atoms with Crippen molar-refractivity contribution < 1.29 is 24.4 Å². The standard InChI is InChI=1S/C28H31N5O5/c1-36-19-6-4-18(5-7-19)26-31-27(22-10-8-20(16-24(22)34)37-14-2-12-29)33-28(32-26)23-11-9-21(17-25(23)35)38-15-3-13-30/h4-11,16-17,34-35H,2-3,12-15,29-30H2,1H3. The molecule has 0 fully saturated rings. The van der Waals surface area contributed by atoms with Gasteiger partial charge in [-0.15, -0.1) is 0 Å². The van der Waals surface area contributed by atoms with Crippen LogP contribution in [0.25, 0.3) is 34.2 Å². The third kappa shape index (κ3) is 6.47. The van der Waals surface area contributed by atoms with Gasteiger partial charge in [-0.1, -0.05) is 0 Å². The van der Waals surface area contributed by atoms with Crippen molar-refractivity contribution in [1.82, 2.24) is 15.0 Å². The van der Waals surface area contributed by atoms with Gasteiger partial charge in [0.25, 0.3) is 0 Å². The van der Waals surface area contributed by atoms with Crippen molar-refractivity contribution in [1.29, 1.82) is 0 Å². The Hall–Kier alpha value is -4.41. The summed E-state index contributed by atoms with van der Waals surface area (Å²) in [5.74, 6) is 2.41. The molecular weight excluding hydrogens is 486 g/mol. The smallest absolute Gasteiger partial charge is 0.167 e. The molecule has 6 N–H and O–H groups in total. The Morgan fingerprint density at radius 3 is 1.50 bits per heavy atom. The molecule has 0 amide bonds. The lowest BCUT2D eigenvalue weighted by atomic mass is 10.1. The van der Waals surface area contributed by atoms with Gasteiger partial charge in [-0.05, 0) is 74.5 Å². The normalized spacial score (nSPS) is 10.8. The fourth-order valence-electron chi connectivity index (χ4n) is 3.61. The Bertz CT molecular complexity index is 1290. The number of hydrogen-bond acceptors (Lipinski definition) is 10. The van der Waals surface area contributed by atoms with Gasteiger partial charge in [0.2, 0.25) is 0 Å². The lowest BCUT2D eigenvalue weighted by Crippen LogP contribution is -2.06. The minimum Gasteiger partial charge on any atom is -0.507 e. The number of phenolic OH excluding ortho intramolecular Hbond substituents is 2. The van der Waals surface area contributed by atoms with Gasteiger partial charge in [0.15, 0.2) is 17.5 Å². The third-order valence-electron chi connectivity index (χ3n) is 5.64. The van der Waals surface area contributed by atoms with Crippen LogP contribution in [0.15, 0.2) is 60.7 Å². The van der Waals surface area contributed by atoms with E-state index in [0.29, 0.717) is 78.9 Å². The van der Waals surface area contributed by atoms with Crippen molar-refractivity contribution in [3.8, 4) is 62.9 Å². The first-order valence-corrected chi connectivity index (χ1v) is 12.3. The summed E-state index contributed by atoms with van der Waals surface area (Å²) in [5.41, 5.74) is 12.5. The quantitative estimate of drug-likeness (QED) is 0.204. The highest BCUT2D eigenvalue weighted by Gasteiger charge is 2.17. The molecule has 10 heteroatoms. The van der Waals surface area contributed by atoms with Gasteiger partial charge in [0.1, 0.15) is 28.7 Å². The van der Waals surface area contributed by atoms with Crippen molar-refractivity contribution in [2.45, 2.75) is 12.8 Å². The second-order valence-electron chi connectivity index (χ2n) is 8.37.